The molecule has 1 fully saturated rings. The van der Waals surface area contributed by atoms with Crippen LogP contribution in [0.25, 0.3) is 5.65 Å². The van der Waals surface area contributed by atoms with Crippen molar-refractivity contribution >= 4 is 11.6 Å². The van der Waals surface area contributed by atoms with Crippen LogP contribution in [0, 0.1) is 0 Å². The number of benzene rings is 1. The zero-order valence-electron chi connectivity index (χ0n) is 17.6. The van der Waals surface area contributed by atoms with Gasteiger partial charge in [-0.1, -0.05) is 18.2 Å². The molecule has 0 unspecified atom stereocenters. The maximum Gasteiger partial charge on any atom is 0.191 e. The lowest BCUT2D eigenvalue weighted by atomic mass is 10.1. The number of ether oxygens (including phenoxy) is 1. The van der Waals surface area contributed by atoms with Crippen molar-refractivity contribution in [2.45, 2.75) is 51.7 Å². The quantitative estimate of drug-likeness (QED) is 0.443. The summed E-state index contributed by atoms with van der Waals surface area (Å²) in [5.41, 5.74) is 2.11. The van der Waals surface area contributed by atoms with Crippen molar-refractivity contribution in [2.75, 3.05) is 13.1 Å². The number of aromatic nitrogens is 3. The van der Waals surface area contributed by atoms with Crippen molar-refractivity contribution in [1.82, 2.24) is 25.2 Å². The first kappa shape index (κ1) is 20.2. The van der Waals surface area contributed by atoms with E-state index in [-0.39, 0.29) is 0 Å². The molecule has 0 radical (unpaired) electrons. The number of rotatable bonds is 8. The van der Waals surface area contributed by atoms with Crippen LogP contribution in [0.3, 0.4) is 0 Å². The first-order valence-corrected chi connectivity index (χ1v) is 10.9. The number of aliphatic imine (C=N–C) groups is 1. The summed E-state index contributed by atoms with van der Waals surface area (Å²) in [6, 6.07) is 14.3. The van der Waals surface area contributed by atoms with Gasteiger partial charge in [0.15, 0.2) is 17.4 Å². The Hall–Kier alpha value is -3.09. The Bertz CT molecular complexity index is 959. The molecule has 7 nitrogen and oxygen atoms in total. The summed E-state index contributed by atoms with van der Waals surface area (Å²) in [5.74, 6) is 2.58. The molecule has 1 saturated carbocycles. The Morgan fingerprint density at radius 3 is 2.73 bits per heavy atom. The van der Waals surface area contributed by atoms with E-state index in [2.05, 4.69) is 57.0 Å². The summed E-state index contributed by atoms with van der Waals surface area (Å²) in [6.07, 6.45) is 8.22. The number of pyridine rings is 1. The SMILES string of the molecule is CCNC(=NCc1nnc2ccccn12)NCCc1ccc(OC2CCCC2)cc1. The number of guanidine groups is 1. The summed E-state index contributed by atoms with van der Waals surface area (Å²) in [4.78, 5) is 4.66. The van der Waals surface area contributed by atoms with Crippen molar-refractivity contribution in [2.24, 2.45) is 4.99 Å². The molecule has 2 heterocycles. The van der Waals surface area contributed by atoms with Gasteiger partial charge in [-0.15, -0.1) is 10.2 Å². The molecule has 0 saturated heterocycles. The van der Waals surface area contributed by atoms with Gasteiger partial charge in [0, 0.05) is 19.3 Å². The Labute approximate surface area is 177 Å². The standard InChI is InChI=1S/C23H30N6O/c1-2-24-23(26-17-22-28-27-21-9-5-6-16-29(21)22)25-15-14-18-10-12-20(13-11-18)30-19-7-3-4-8-19/h5-6,9-13,16,19H,2-4,7-8,14-15,17H2,1H3,(H2,24,25,26). The second-order valence-electron chi connectivity index (χ2n) is 7.59. The van der Waals surface area contributed by atoms with Crippen LogP contribution < -0.4 is 15.4 Å². The smallest absolute Gasteiger partial charge is 0.191 e. The molecule has 2 aromatic heterocycles. The topological polar surface area (TPSA) is 75.8 Å². The van der Waals surface area contributed by atoms with Crippen molar-refractivity contribution in [3.8, 4) is 5.75 Å². The van der Waals surface area contributed by atoms with Gasteiger partial charge in [-0.25, -0.2) is 4.99 Å². The van der Waals surface area contributed by atoms with Crippen LogP contribution in [-0.2, 0) is 13.0 Å². The molecule has 7 heteroatoms. The van der Waals surface area contributed by atoms with Gasteiger partial charge in [0.05, 0.1) is 6.10 Å². The summed E-state index contributed by atoms with van der Waals surface area (Å²) >= 11 is 0. The third-order valence-corrected chi connectivity index (χ3v) is 5.34. The van der Waals surface area contributed by atoms with Crippen LogP contribution in [0.1, 0.15) is 44.0 Å². The Balaban J connectivity index is 1.28. The van der Waals surface area contributed by atoms with E-state index in [0.29, 0.717) is 12.6 Å². The van der Waals surface area contributed by atoms with E-state index in [1.807, 2.05) is 28.8 Å². The molecule has 158 valence electrons. The molecule has 0 atom stereocenters. The molecule has 4 rings (SSSR count). The summed E-state index contributed by atoms with van der Waals surface area (Å²) in [6.45, 7) is 4.13. The molecule has 0 amide bonds. The van der Waals surface area contributed by atoms with E-state index in [9.17, 15) is 0 Å². The monoisotopic (exact) mass is 406 g/mol. The van der Waals surface area contributed by atoms with E-state index in [1.165, 1.54) is 31.2 Å². The molecule has 1 aromatic carbocycles. The summed E-state index contributed by atoms with van der Waals surface area (Å²) in [7, 11) is 0. The van der Waals surface area contributed by atoms with Crippen LogP contribution in [0.15, 0.2) is 53.7 Å². The zero-order valence-corrected chi connectivity index (χ0v) is 17.6. The Morgan fingerprint density at radius 2 is 1.93 bits per heavy atom. The Morgan fingerprint density at radius 1 is 1.10 bits per heavy atom. The summed E-state index contributed by atoms with van der Waals surface area (Å²) < 4.78 is 8.01. The van der Waals surface area contributed by atoms with Crippen molar-refractivity contribution in [1.29, 1.82) is 0 Å². The maximum atomic E-state index is 6.05. The minimum Gasteiger partial charge on any atom is -0.490 e. The van der Waals surface area contributed by atoms with Gasteiger partial charge < -0.3 is 15.4 Å². The van der Waals surface area contributed by atoms with Gasteiger partial charge in [-0.3, -0.25) is 4.40 Å². The highest BCUT2D eigenvalue weighted by Gasteiger charge is 2.16. The van der Waals surface area contributed by atoms with Gasteiger partial charge in [0.2, 0.25) is 0 Å². The van der Waals surface area contributed by atoms with Crippen molar-refractivity contribution < 1.29 is 4.74 Å². The maximum absolute atomic E-state index is 6.05. The van der Waals surface area contributed by atoms with Crippen molar-refractivity contribution in [3.05, 3.63) is 60.0 Å². The lowest BCUT2D eigenvalue weighted by Gasteiger charge is -2.14. The first-order valence-electron chi connectivity index (χ1n) is 10.9. The van der Waals surface area contributed by atoms with Gasteiger partial charge in [0.1, 0.15) is 12.3 Å². The highest BCUT2D eigenvalue weighted by Crippen LogP contribution is 2.24. The number of hydrogen-bond donors (Lipinski definition) is 2. The molecule has 1 aliphatic carbocycles. The van der Waals surface area contributed by atoms with Crippen LogP contribution in [-0.4, -0.2) is 39.8 Å². The lowest BCUT2D eigenvalue weighted by molar-refractivity contribution is 0.210. The lowest BCUT2D eigenvalue weighted by Crippen LogP contribution is -2.38. The van der Waals surface area contributed by atoms with E-state index < -0.39 is 0 Å². The highest BCUT2D eigenvalue weighted by molar-refractivity contribution is 5.79. The van der Waals surface area contributed by atoms with Crippen molar-refractivity contribution in [3.63, 3.8) is 0 Å². The average Bonchev–Trinajstić information content (AvgIpc) is 3.43. The number of fused-ring (bicyclic) bond motifs is 1. The largest absolute Gasteiger partial charge is 0.490 e. The summed E-state index contributed by atoms with van der Waals surface area (Å²) in [5, 5.41) is 15.1. The fraction of sp³-hybridized carbons (Fsp3) is 0.435. The van der Waals surface area contributed by atoms with Crippen LogP contribution in [0.5, 0.6) is 5.75 Å². The molecule has 0 spiro atoms. The molecule has 30 heavy (non-hydrogen) atoms. The molecule has 3 aromatic rings. The highest BCUT2D eigenvalue weighted by atomic mass is 16.5. The normalized spacial score (nSPS) is 14.9. The van der Waals surface area contributed by atoms with Gasteiger partial charge in [-0.2, -0.15) is 0 Å². The number of hydrogen-bond acceptors (Lipinski definition) is 4. The molecular weight excluding hydrogens is 376 g/mol. The van der Waals surface area contributed by atoms with E-state index in [1.54, 1.807) is 0 Å². The van der Waals surface area contributed by atoms with E-state index in [4.69, 9.17) is 4.74 Å². The molecule has 0 aliphatic heterocycles. The predicted molar refractivity (Wildman–Crippen MR) is 119 cm³/mol. The average molecular weight is 407 g/mol. The number of nitrogens with zero attached hydrogens (tertiary/aromatic N) is 4. The molecule has 0 bridgehead atoms. The van der Waals surface area contributed by atoms with E-state index in [0.717, 1.165) is 42.7 Å². The fourth-order valence-corrected chi connectivity index (χ4v) is 3.75. The third-order valence-electron chi connectivity index (χ3n) is 5.34. The second kappa shape index (κ2) is 10.1. The van der Waals surface area contributed by atoms with Gasteiger partial charge >= 0.3 is 0 Å². The zero-order chi connectivity index (χ0) is 20.6. The predicted octanol–water partition coefficient (Wildman–Crippen LogP) is 3.35. The first-order chi connectivity index (χ1) is 14.8. The van der Waals surface area contributed by atoms with Gasteiger partial charge in [0.25, 0.3) is 0 Å². The van der Waals surface area contributed by atoms with E-state index >= 15 is 0 Å². The number of nitrogens with one attached hydrogen (secondary N) is 2. The molecular formula is C23H30N6O. The molecule has 1 aliphatic rings. The van der Waals surface area contributed by atoms with Crippen LogP contribution in [0.4, 0.5) is 0 Å². The second-order valence-corrected chi connectivity index (χ2v) is 7.59. The minimum atomic E-state index is 0.402. The molecule has 2 N–H and O–H groups in total. The third kappa shape index (κ3) is 5.28. The minimum absolute atomic E-state index is 0.402. The van der Waals surface area contributed by atoms with Gasteiger partial charge in [-0.05, 0) is 68.9 Å². The van der Waals surface area contributed by atoms with Crippen LogP contribution >= 0.6 is 0 Å². The Kier molecular flexibility index (Phi) is 6.79. The fourth-order valence-electron chi connectivity index (χ4n) is 3.75. The van der Waals surface area contributed by atoms with Crippen LogP contribution in [0.2, 0.25) is 0 Å².